The number of benzene rings is 1. The van der Waals surface area contributed by atoms with E-state index < -0.39 is 10.2 Å². The monoisotopic (exact) mass is 429 g/mol. The molecule has 0 unspecified atom stereocenters. The molecule has 3 aliphatic heterocycles. The molecule has 1 aromatic carbocycles. The van der Waals surface area contributed by atoms with Crippen molar-refractivity contribution in [1.82, 2.24) is 13.9 Å². The highest BCUT2D eigenvalue weighted by molar-refractivity contribution is 7.86. The molecule has 28 heavy (non-hydrogen) atoms. The van der Waals surface area contributed by atoms with E-state index in [9.17, 15) is 8.42 Å². The minimum atomic E-state index is -3.46. The van der Waals surface area contributed by atoms with Gasteiger partial charge in [-0.05, 0) is 55.2 Å². The van der Waals surface area contributed by atoms with Gasteiger partial charge in [-0.1, -0.05) is 24.3 Å². The fourth-order valence-corrected chi connectivity index (χ4v) is 7.02. The molecule has 0 aromatic heterocycles. The Hall–Kier alpha value is -0.700. The number of piperidine rings is 1. The van der Waals surface area contributed by atoms with Crippen LogP contribution in [0.4, 0.5) is 0 Å². The van der Waals surface area contributed by atoms with Crippen molar-refractivity contribution < 1.29 is 13.2 Å². The number of hydrogen-bond donors (Lipinski definition) is 1. The first-order chi connectivity index (χ1) is 13.0. The van der Waals surface area contributed by atoms with Gasteiger partial charge >= 0.3 is 0 Å². The van der Waals surface area contributed by atoms with Gasteiger partial charge in [0, 0.05) is 39.9 Å². The summed E-state index contributed by atoms with van der Waals surface area (Å²) < 4.78 is 35.9. The van der Waals surface area contributed by atoms with Gasteiger partial charge in [-0.3, -0.25) is 0 Å². The van der Waals surface area contributed by atoms with Gasteiger partial charge in [0.15, 0.2) is 0 Å². The van der Waals surface area contributed by atoms with Gasteiger partial charge in [-0.2, -0.15) is 17.0 Å². The third kappa shape index (κ3) is 3.98. The number of halogens is 1. The summed E-state index contributed by atoms with van der Waals surface area (Å²) in [5.41, 5.74) is 2.33. The molecule has 3 heterocycles. The molecule has 0 saturated carbocycles. The van der Waals surface area contributed by atoms with E-state index in [1.165, 1.54) is 5.56 Å². The summed E-state index contributed by atoms with van der Waals surface area (Å²) in [6, 6.07) is 8.18. The first kappa shape index (κ1) is 22.0. The number of hydrogen-bond acceptors (Lipinski definition) is 4. The predicted molar refractivity (Wildman–Crippen MR) is 113 cm³/mol. The lowest BCUT2D eigenvalue weighted by atomic mass is 9.88. The Morgan fingerprint density at radius 1 is 1.18 bits per heavy atom. The van der Waals surface area contributed by atoms with Crippen molar-refractivity contribution in [3.63, 3.8) is 0 Å². The Kier molecular flexibility index (Phi) is 7.05. The van der Waals surface area contributed by atoms with Crippen molar-refractivity contribution >= 4 is 22.6 Å². The molecule has 0 bridgehead atoms. The minimum Gasteiger partial charge on any atom is -0.384 e. The highest BCUT2D eigenvalue weighted by Gasteiger charge is 2.51. The van der Waals surface area contributed by atoms with Gasteiger partial charge in [0.25, 0.3) is 10.2 Å². The van der Waals surface area contributed by atoms with Crippen LogP contribution in [-0.2, 0) is 14.9 Å². The number of methoxy groups -OCH3 is 1. The van der Waals surface area contributed by atoms with Crippen LogP contribution in [0.25, 0.3) is 0 Å². The van der Waals surface area contributed by atoms with Crippen LogP contribution < -0.4 is 5.32 Å². The number of nitrogens with zero attached hydrogens (tertiary/aromatic N) is 2. The normalized spacial score (nSPS) is 29.6. The summed E-state index contributed by atoms with van der Waals surface area (Å²) in [4.78, 5) is 0. The van der Waals surface area contributed by atoms with Gasteiger partial charge in [0.1, 0.15) is 0 Å². The van der Waals surface area contributed by atoms with Crippen LogP contribution in [0, 0.1) is 24.7 Å². The quantitative estimate of drug-likeness (QED) is 0.779. The van der Waals surface area contributed by atoms with Crippen LogP contribution in [0.2, 0.25) is 0 Å². The van der Waals surface area contributed by atoms with E-state index in [0.717, 1.165) is 38.1 Å². The van der Waals surface area contributed by atoms with Gasteiger partial charge in [-0.25, -0.2) is 0 Å². The summed E-state index contributed by atoms with van der Waals surface area (Å²) >= 11 is 0. The zero-order chi connectivity index (χ0) is 19.0. The van der Waals surface area contributed by atoms with Gasteiger partial charge in [0.2, 0.25) is 0 Å². The maximum atomic E-state index is 13.6. The summed E-state index contributed by atoms with van der Waals surface area (Å²) in [6.45, 7) is 6.44. The van der Waals surface area contributed by atoms with E-state index in [-0.39, 0.29) is 18.4 Å². The second-order valence-electron chi connectivity index (χ2n) is 8.26. The fraction of sp³-hybridized carbons (Fsp3) is 0.700. The molecule has 3 fully saturated rings. The molecule has 3 atom stereocenters. The predicted octanol–water partition coefficient (Wildman–Crippen LogP) is 2.21. The van der Waals surface area contributed by atoms with Crippen LogP contribution >= 0.6 is 12.4 Å². The first-order valence-electron chi connectivity index (χ1n) is 10.0. The molecule has 158 valence electrons. The Balaban J connectivity index is 0.00000225. The number of nitrogens with one attached hydrogen (secondary N) is 1. The molecule has 1 aromatic rings. The van der Waals surface area contributed by atoms with Crippen LogP contribution in [-0.4, -0.2) is 63.5 Å². The molecule has 4 rings (SSSR count). The van der Waals surface area contributed by atoms with Crippen LogP contribution in [0.5, 0.6) is 0 Å². The third-order valence-corrected chi connectivity index (χ3v) is 8.61. The van der Waals surface area contributed by atoms with Crippen molar-refractivity contribution in [3.05, 3.63) is 35.4 Å². The molecular weight excluding hydrogens is 398 g/mol. The van der Waals surface area contributed by atoms with Crippen LogP contribution in [0.1, 0.15) is 30.0 Å². The van der Waals surface area contributed by atoms with Crippen LogP contribution in [0.15, 0.2) is 24.3 Å². The van der Waals surface area contributed by atoms with E-state index in [1.54, 1.807) is 11.4 Å². The fourth-order valence-electron chi connectivity index (χ4n) is 5.11. The number of aryl methyl sites for hydroxylation is 1. The van der Waals surface area contributed by atoms with Crippen molar-refractivity contribution in [1.29, 1.82) is 0 Å². The van der Waals surface area contributed by atoms with E-state index in [2.05, 4.69) is 24.4 Å². The molecule has 0 amide bonds. The molecule has 0 aliphatic carbocycles. The second kappa shape index (κ2) is 8.98. The lowest BCUT2D eigenvalue weighted by molar-refractivity contribution is 0.119. The maximum absolute atomic E-state index is 13.6. The molecular formula is C20H32ClN3O3S. The van der Waals surface area contributed by atoms with Crippen molar-refractivity contribution in [2.75, 3.05) is 46.4 Å². The van der Waals surface area contributed by atoms with Crippen molar-refractivity contribution in [2.24, 2.45) is 17.8 Å². The second-order valence-corrected chi connectivity index (χ2v) is 10.1. The SMILES string of the molecule is COCC1CCN(S(=O)(=O)N2C[C@@H]3CNC[C@@H]3[C@@H]2c2ccccc2C)CC1.Cl. The molecule has 6 nitrogen and oxygen atoms in total. The maximum Gasteiger partial charge on any atom is 0.282 e. The minimum absolute atomic E-state index is 0. The zero-order valence-corrected chi connectivity index (χ0v) is 18.3. The summed E-state index contributed by atoms with van der Waals surface area (Å²) in [5.74, 6) is 1.22. The highest BCUT2D eigenvalue weighted by Crippen LogP contribution is 2.45. The third-order valence-electron chi connectivity index (χ3n) is 6.63. The van der Waals surface area contributed by atoms with Crippen molar-refractivity contribution in [2.45, 2.75) is 25.8 Å². The van der Waals surface area contributed by atoms with Gasteiger partial charge < -0.3 is 10.1 Å². The Labute approximate surface area is 175 Å². The average molecular weight is 430 g/mol. The highest BCUT2D eigenvalue weighted by atomic mass is 35.5. The van der Waals surface area contributed by atoms with E-state index in [4.69, 9.17) is 4.74 Å². The van der Waals surface area contributed by atoms with Gasteiger partial charge in [-0.15, -0.1) is 12.4 Å². The topological polar surface area (TPSA) is 61.9 Å². The smallest absolute Gasteiger partial charge is 0.282 e. The van der Waals surface area contributed by atoms with Crippen molar-refractivity contribution in [3.8, 4) is 0 Å². The molecule has 0 spiro atoms. The summed E-state index contributed by atoms with van der Waals surface area (Å²) in [7, 11) is -1.74. The van der Waals surface area contributed by atoms with Gasteiger partial charge in [0.05, 0.1) is 6.04 Å². The Morgan fingerprint density at radius 2 is 1.89 bits per heavy atom. The largest absolute Gasteiger partial charge is 0.384 e. The lowest BCUT2D eigenvalue weighted by Gasteiger charge is -2.36. The molecule has 1 N–H and O–H groups in total. The number of ether oxygens (including phenoxy) is 1. The van der Waals surface area contributed by atoms with E-state index >= 15 is 0 Å². The molecule has 8 heteroatoms. The Morgan fingerprint density at radius 3 is 2.57 bits per heavy atom. The average Bonchev–Trinajstić information content (AvgIpc) is 3.25. The summed E-state index contributed by atoms with van der Waals surface area (Å²) in [5, 5.41) is 3.47. The molecule has 3 saturated heterocycles. The standard InChI is InChI=1S/C20H31N3O3S.ClH/c1-15-5-3-4-6-18(15)20-19-12-21-11-17(19)13-23(20)27(24,25)22-9-7-16(8-10-22)14-26-2;/h3-6,16-17,19-21H,7-14H2,1-2H3;1H/t17-,19-,20-;/m0./s1. The van der Waals surface area contributed by atoms with E-state index in [1.807, 2.05) is 16.4 Å². The Bertz CT molecular complexity index is 768. The lowest BCUT2D eigenvalue weighted by Crippen LogP contribution is -2.48. The van der Waals surface area contributed by atoms with Crippen LogP contribution in [0.3, 0.4) is 0 Å². The zero-order valence-electron chi connectivity index (χ0n) is 16.7. The number of fused-ring (bicyclic) bond motifs is 1. The number of rotatable bonds is 5. The molecule has 0 radical (unpaired) electrons. The van der Waals surface area contributed by atoms with E-state index in [0.29, 0.717) is 37.4 Å². The molecule has 3 aliphatic rings. The first-order valence-corrected chi connectivity index (χ1v) is 11.4. The summed E-state index contributed by atoms with van der Waals surface area (Å²) in [6.07, 6.45) is 1.76.